The summed E-state index contributed by atoms with van der Waals surface area (Å²) >= 11 is 1.60. The number of hydrogen-bond donors (Lipinski definition) is 3. The summed E-state index contributed by atoms with van der Waals surface area (Å²) in [6.45, 7) is 0. The van der Waals surface area contributed by atoms with Crippen molar-refractivity contribution in [1.29, 1.82) is 0 Å². The first-order valence-corrected chi connectivity index (χ1v) is 6.48. The Labute approximate surface area is 114 Å². The van der Waals surface area contributed by atoms with E-state index in [1.54, 1.807) is 36.2 Å². The predicted molar refractivity (Wildman–Crippen MR) is 74.1 cm³/mol. The lowest BCUT2D eigenvalue weighted by atomic mass is 10.2. The molecule has 2 heterocycles. The van der Waals surface area contributed by atoms with E-state index in [4.69, 9.17) is 11.6 Å². The molecule has 19 heavy (non-hydrogen) atoms. The predicted octanol–water partition coefficient (Wildman–Crippen LogP) is 0.955. The zero-order chi connectivity index (χ0) is 13.7. The van der Waals surface area contributed by atoms with Gasteiger partial charge in [-0.05, 0) is 24.3 Å². The van der Waals surface area contributed by atoms with Crippen LogP contribution in [0, 0.1) is 0 Å². The van der Waals surface area contributed by atoms with Crippen molar-refractivity contribution in [2.45, 2.75) is 10.6 Å². The van der Waals surface area contributed by atoms with Gasteiger partial charge in [0.2, 0.25) is 0 Å². The molecule has 0 saturated carbocycles. The number of rotatable bonds is 4. The highest BCUT2D eigenvalue weighted by Crippen LogP contribution is 2.21. The number of nitrogens with zero attached hydrogens (tertiary/aromatic N) is 2. The second-order valence-electron chi connectivity index (χ2n) is 3.72. The third kappa shape index (κ3) is 3.67. The number of aromatic nitrogens is 2. The van der Waals surface area contributed by atoms with Gasteiger partial charge < -0.3 is 5.73 Å². The minimum atomic E-state index is -0.352. The Morgan fingerprint density at radius 2 is 2.05 bits per heavy atom. The molecule has 0 atom stereocenters. The van der Waals surface area contributed by atoms with Crippen LogP contribution in [0.4, 0.5) is 5.82 Å². The molecule has 6 nitrogen and oxygen atoms in total. The van der Waals surface area contributed by atoms with Crippen LogP contribution >= 0.6 is 11.8 Å². The molecule has 98 valence electrons. The fourth-order valence-electron chi connectivity index (χ4n) is 1.36. The van der Waals surface area contributed by atoms with Crippen LogP contribution in [0.1, 0.15) is 16.1 Å². The Morgan fingerprint density at radius 3 is 2.63 bits per heavy atom. The monoisotopic (exact) mass is 275 g/mol. The van der Waals surface area contributed by atoms with Gasteiger partial charge in [0.25, 0.3) is 5.91 Å². The molecule has 0 radical (unpaired) electrons. The van der Waals surface area contributed by atoms with Crippen LogP contribution in [0.5, 0.6) is 0 Å². The number of carbonyl (C=O) groups is 1. The fraction of sp³-hybridized carbons (Fsp3) is 0.0833. The molecule has 0 unspecified atom stereocenters. The van der Waals surface area contributed by atoms with E-state index in [-0.39, 0.29) is 5.91 Å². The van der Waals surface area contributed by atoms with E-state index in [0.29, 0.717) is 17.1 Å². The summed E-state index contributed by atoms with van der Waals surface area (Å²) in [5.74, 6) is 5.88. The van der Waals surface area contributed by atoms with Crippen molar-refractivity contribution >= 4 is 23.5 Å². The van der Waals surface area contributed by atoms with Crippen LogP contribution in [-0.2, 0) is 5.75 Å². The number of pyridine rings is 2. The summed E-state index contributed by atoms with van der Waals surface area (Å²) in [5.41, 5.74) is 8.88. The quantitative estimate of drug-likeness (QED) is 0.332. The summed E-state index contributed by atoms with van der Waals surface area (Å²) in [6.07, 6.45) is 3.22. The van der Waals surface area contributed by atoms with Crippen molar-refractivity contribution in [3.8, 4) is 0 Å². The fourth-order valence-corrected chi connectivity index (χ4v) is 2.14. The number of hydrazine groups is 1. The molecule has 0 saturated heterocycles. The number of carbonyl (C=O) groups excluding carboxylic acids is 1. The molecule has 5 N–H and O–H groups in total. The number of nitrogens with one attached hydrogen (secondary N) is 1. The van der Waals surface area contributed by atoms with Gasteiger partial charge in [0, 0.05) is 23.0 Å². The molecule has 0 aliphatic rings. The highest BCUT2D eigenvalue weighted by atomic mass is 32.2. The smallest absolute Gasteiger partial charge is 0.266 e. The summed E-state index contributed by atoms with van der Waals surface area (Å²) in [5, 5.41) is 0. The van der Waals surface area contributed by atoms with Crippen LogP contribution in [-0.4, -0.2) is 15.9 Å². The van der Waals surface area contributed by atoms with Gasteiger partial charge in [-0.3, -0.25) is 15.2 Å². The summed E-state index contributed by atoms with van der Waals surface area (Å²) < 4.78 is 0. The van der Waals surface area contributed by atoms with Crippen molar-refractivity contribution in [1.82, 2.24) is 15.4 Å². The Morgan fingerprint density at radius 1 is 1.21 bits per heavy atom. The lowest BCUT2D eigenvalue weighted by Crippen LogP contribution is -2.30. The maximum Gasteiger partial charge on any atom is 0.266 e. The van der Waals surface area contributed by atoms with Crippen molar-refractivity contribution in [3.63, 3.8) is 0 Å². The molecule has 7 heteroatoms. The lowest BCUT2D eigenvalue weighted by molar-refractivity contribution is 0.0953. The standard InChI is InChI=1S/C12H13N5OS/c13-11-4-3-10(6-16-11)19-7-9-2-1-8(5-15-9)12(18)17-14/h1-6H,7,14H2,(H2,13,16)(H,17,18). The number of thioether (sulfide) groups is 1. The number of anilines is 1. The normalized spacial score (nSPS) is 10.2. The first-order chi connectivity index (χ1) is 9.19. The minimum Gasteiger partial charge on any atom is -0.384 e. The van der Waals surface area contributed by atoms with Gasteiger partial charge in [0.15, 0.2) is 0 Å². The second-order valence-corrected chi connectivity index (χ2v) is 4.77. The van der Waals surface area contributed by atoms with E-state index in [2.05, 4.69) is 15.4 Å². The van der Waals surface area contributed by atoms with Gasteiger partial charge in [-0.2, -0.15) is 0 Å². The van der Waals surface area contributed by atoms with Crippen LogP contribution in [0.25, 0.3) is 0 Å². The zero-order valence-corrected chi connectivity index (χ0v) is 10.9. The van der Waals surface area contributed by atoms with Crippen molar-refractivity contribution < 1.29 is 4.79 Å². The maximum absolute atomic E-state index is 11.2. The van der Waals surface area contributed by atoms with Gasteiger partial charge in [-0.25, -0.2) is 10.8 Å². The highest BCUT2D eigenvalue weighted by molar-refractivity contribution is 7.98. The zero-order valence-electron chi connectivity index (χ0n) is 10.0. The van der Waals surface area contributed by atoms with Gasteiger partial charge in [-0.15, -0.1) is 11.8 Å². The topological polar surface area (TPSA) is 107 Å². The molecule has 0 bridgehead atoms. The minimum absolute atomic E-state index is 0.352. The number of nitrogen functional groups attached to an aromatic ring is 2. The first-order valence-electron chi connectivity index (χ1n) is 5.49. The molecule has 2 aromatic heterocycles. The molecular formula is C12H13N5OS. The van der Waals surface area contributed by atoms with Crippen LogP contribution in [0.15, 0.2) is 41.6 Å². The molecule has 0 aliphatic carbocycles. The molecule has 0 fully saturated rings. The largest absolute Gasteiger partial charge is 0.384 e. The van der Waals surface area contributed by atoms with E-state index < -0.39 is 0 Å². The van der Waals surface area contributed by atoms with E-state index >= 15 is 0 Å². The van der Waals surface area contributed by atoms with E-state index in [0.717, 1.165) is 10.6 Å². The number of amides is 1. The summed E-state index contributed by atoms with van der Waals surface area (Å²) in [6, 6.07) is 7.14. The third-order valence-electron chi connectivity index (χ3n) is 2.36. The van der Waals surface area contributed by atoms with Crippen LogP contribution in [0.2, 0.25) is 0 Å². The molecule has 0 aromatic carbocycles. The molecule has 2 aromatic rings. The highest BCUT2D eigenvalue weighted by Gasteiger charge is 2.04. The van der Waals surface area contributed by atoms with Crippen LogP contribution < -0.4 is 17.0 Å². The van der Waals surface area contributed by atoms with E-state index in [1.807, 2.05) is 6.07 Å². The Hall–Kier alpha value is -2.12. The van der Waals surface area contributed by atoms with E-state index in [1.165, 1.54) is 6.20 Å². The molecule has 2 rings (SSSR count). The van der Waals surface area contributed by atoms with Crippen molar-refractivity contribution in [3.05, 3.63) is 47.9 Å². The Kier molecular flexibility index (Phi) is 4.32. The SMILES string of the molecule is NNC(=O)c1ccc(CSc2ccc(N)nc2)nc1. The average Bonchev–Trinajstić information content (AvgIpc) is 2.46. The third-order valence-corrected chi connectivity index (χ3v) is 3.38. The van der Waals surface area contributed by atoms with E-state index in [9.17, 15) is 4.79 Å². The summed E-state index contributed by atoms with van der Waals surface area (Å²) in [4.78, 5) is 20.5. The van der Waals surface area contributed by atoms with Gasteiger partial charge in [0.05, 0.1) is 11.3 Å². The maximum atomic E-state index is 11.2. The molecule has 0 spiro atoms. The molecular weight excluding hydrogens is 262 g/mol. The second kappa shape index (κ2) is 6.17. The van der Waals surface area contributed by atoms with Gasteiger partial charge >= 0.3 is 0 Å². The Bertz CT molecular complexity index is 555. The lowest BCUT2D eigenvalue weighted by Gasteiger charge is -2.03. The number of hydrogen-bond acceptors (Lipinski definition) is 6. The number of nitrogens with two attached hydrogens (primary N) is 2. The molecule has 0 aliphatic heterocycles. The first kappa shape index (κ1) is 13.3. The summed E-state index contributed by atoms with van der Waals surface area (Å²) in [7, 11) is 0. The molecule has 1 amide bonds. The van der Waals surface area contributed by atoms with Crippen molar-refractivity contribution in [2.24, 2.45) is 5.84 Å². The van der Waals surface area contributed by atoms with Crippen LogP contribution in [0.3, 0.4) is 0 Å². The average molecular weight is 275 g/mol. The van der Waals surface area contributed by atoms with Crippen molar-refractivity contribution in [2.75, 3.05) is 5.73 Å². The Balaban J connectivity index is 1.96. The van der Waals surface area contributed by atoms with Gasteiger partial charge in [0.1, 0.15) is 5.82 Å². The van der Waals surface area contributed by atoms with Gasteiger partial charge in [-0.1, -0.05) is 0 Å².